The molecule has 3 N–H and O–H groups in total. The van der Waals surface area contributed by atoms with E-state index in [1.54, 1.807) is 45.9 Å². The number of nitrogens with one attached hydrogen (secondary N) is 2. The lowest BCUT2D eigenvalue weighted by molar-refractivity contribution is -0.142. The van der Waals surface area contributed by atoms with Crippen molar-refractivity contribution in [1.29, 1.82) is 0 Å². The number of ether oxygens (including phenoxy) is 1. The van der Waals surface area contributed by atoms with Crippen LogP contribution in [0.3, 0.4) is 0 Å². The fraction of sp³-hybridized carbons (Fsp3) is 0.654. The van der Waals surface area contributed by atoms with E-state index in [0.29, 0.717) is 12.0 Å². The molecule has 192 valence electrons. The minimum Gasteiger partial charge on any atom is -0.508 e. The number of nitrogens with zero attached hydrogens (tertiary/aromatic N) is 1. The van der Waals surface area contributed by atoms with Gasteiger partial charge >= 0.3 is 6.09 Å². The van der Waals surface area contributed by atoms with Crippen molar-refractivity contribution < 1.29 is 24.2 Å². The van der Waals surface area contributed by atoms with E-state index < -0.39 is 29.7 Å². The summed E-state index contributed by atoms with van der Waals surface area (Å²) in [4.78, 5) is 41.1. The van der Waals surface area contributed by atoms with E-state index in [1.807, 2.05) is 27.7 Å². The number of likely N-dealkylation sites (N-methyl/N-ethyl adjacent to an activating group) is 1. The number of phenolic OH excluding ortho intramolecular Hbond substituents is 1. The molecule has 0 radical (unpaired) electrons. The zero-order chi connectivity index (χ0) is 26.1. The largest absolute Gasteiger partial charge is 0.508 e. The van der Waals surface area contributed by atoms with E-state index >= 15 is 0 Å². The lowest BCUT2D eigenvalue weighted by Gasteiger charge is -2.35. The molecule has 0 aliphatic heterocycles. The van der Waals surface area contributed by atoms with E-state index in [9.17, 15) is 19.5 Å². The van der Waals surface area contributed by atoms with Gasteiger partial charge in [-0.1, -0.05) is 45.4 Å². The van der Waals surface area contributed by atoms with E-state index in [1.165, 1.54) is 11.0 Å². The van der Waals surface area contributed by atoms with E-state index in [-0.39, 0.29) is 30.2 Å². The summed E-state index contributed by atoms with van der Waals surface area (Å²) in [6.07, 6.45) is 1.36. The highest BCUT2D eigenvalue weighted by Gasteiger charge is 2.37. The third-order valence-electron chi connectivity index (χ3n) is 5.22. The standard InChI is InChI=1S/C26H43N3O5/c1-9-13-18(5)27-23(31)22(19-14-11-12-15-21(19)30)29(10-2)24(32)20(16-17(3)4)28-25(33)34-26(6,7)8/h11-12,14-15,17-18,20,22,30H,9-10,13,16H2,1-8H3,(H,27,31)(H,28,33). The summed E-state index contributed by atoms with van der Waals surface area (Å²) in [6.45, 7) is 15.1. The van der Waals surface area contributed by atoms with Crippen molar-refractivity contribution in [3.05, 3.63) is 29.8 Å². The average molecular weight is 478 g/mol. The molecule has 8 nitrogen and oxygen atoms in total. The molecule has 8 heteroatoms. The highest BCUT2D eigenvalue weighted by atomic mass is 16.6. The van der Waals surface area contributed by atoms with Crippen LogP contribution in [0, 0.1) is 5.92 Å². The number of aromatic hydroxyl groups is 1. The summed E-state index contributed by atoms with van der Waals surface area (Å²) >= 11 is 0. The zero-order valence-corrected chi connectivity index (χ0v) is 22.0. The summed E-state index contributed by atoms with van der Waals surface area (Å²) in [5, 5.41) is 16.2. The van der Waals surface area contributed by atoms with E-state index in [0.717, 1.165) is 12.8 Å². The molecule has 3 amide bonds. The maximum Gasteiger partial charge on any atom is 0.408 e. The Morgan fingerprint density at radius 3 is 2.18 bits per heavy atom. The van der Waals surface area contributed by atoms with Gasteiger partial charge < -0.3 is 25.4 Å². The van der Waals surface area contributed by atoms with Crippen LogP contribution in [0.5, 0.6) is 5.75 Å². The van der Waals surface area contributed by atoms with Gasteiger partial charge in [0.2, 0.25) is 11.8 Å². The van der Waals surface area contributed by atoms with Gasteiger partial charge in [-0.05, 0) is 59.4 Å². The van der Waals surface area contributed by atoms with E-state index in [4.69, 9.17) is 4.74 Å². The summed E-state index contributed by atoms with van der Waals surface area (Å²) in [5.41, 5.74) is -0.382. The number of para-hydroxylation sites is 1. The first kappa shape index (κ1) is 29.3. The van der Waals surface area contributed by atoms with Crippen molar-refractivity contribution in [2.45, 2.75) is 98.4 Å². The Labute approximate surface area is 204 Å². The van der Waals surface area contributed by atoms with Crippen LogP contribution >= 0.6 is 0 Å². The van der Waals surface area contributed by atoms with Gasteiger partial charge in [-0.25, -0.2) is 4.79 Å². The predicted octanol–water partition coefficient (Wildman–Crippen LogP) is 4.53. The molecule has 1 rings (SSSR count). The van der Waals surface area contributed by atoms with Gasteiger partial charge in [0.25, 0.3) is 0 Å². The first-order valence-electron chi connectivity index (χ1n) is 12.2. The fourth-order valence-corrected chi connectivity index (χ4v) is 3.80. The molecule has 3 atom stereocenters. The maximum atomic E-state index is 13.7. The molecule has 0 spiro atoms. The number of alkyl carbamates (subject to hydrolysis) is 1. The molecule has 34 heavy (non-hydrogen) atoms. The summed E-state index contributed by atoms with van der Waals surface area (Å²) in [6, 6.07) is 4.49. The van der Waals surface area contributed by atoms with Crippen molar-refractivity contribution in [2.75, 3.05) is 6.54 Å². The van der Waals surface area contributed by atoms with Gasteiger partial charge in [0.15, 0.2) is 0 Å². The quantitative estimate of drug-likeness (QED) is 0.434. The Hall–Kier alpha value is -2.77. The third-order valence-corrected chi connectivity index (χ3v) is 5.22. The molecule has 0 saturated heterocycles. The van der Waals surface area contributed by atoms with Crippen molar-refractivity contribution in [2.24, 2.45) is 5.92 Å². The number of carbonyl (C=O) groups is 3. The monoisotopic (exact) mass is 477 g/mol. The van der Waals surface area contributed by atoms with Crippen molar-refractivity contribution in [1.82, 2.24) is 15.5 Å². The molecule has 0 fully saturated rings. The van der Waals surface area contributed by atoms with Gasteiger partial charge in [0, 0.05) is 18.2 Å². The molecule has 1 aromatic carbocycles. The zero-order valence-electron chi connectivity index (χ0n) is 22.0. The van der Waals surface area contributed by atoms with Crippen LogP contribution in [-0.2, 0) is 14.3 Å². The molecule has 1 aromatic rings. The highest BCUT2D eigenvalue weighted by Crippen LogP contribution is 2.30. The van der Waals surface area contributed by atoms with Crippen LogP contribution in [0.4, 0.5) is 4.79 Å². The lowest BCUT2D eigenvalue weighted by Crippen LogP contribution is -2.53. The third kappa shape index (κ3) is 9.23. The molecule has 0 bridgehead atoms. The lowest BCUT2D eigenvalue weighted by atomic mass is 9.98. The number of phenols is 1. The van der Waals surface area contributed by atoms with Crippen LogP contribution in [0.25, 0.3) is 0 Å². The molecule has 3 unspecified atom stereocenters. The Bertz CT molecular complexity index is 819. The SMILES string of the molecule is CCCC(C)NC(=O)C(c1ccccc1O)N(CC)C(=O)C(CC(C)C)NC(=O)OC(C)(C)C. The number of rotatable bonds is 11. The molecular formula is C26H43N3O5. The Kier molecular flexibility index (Phi) is 11.4. The topological polar surface area (TPSA) is 108 Å². The number of hydrogen-bond donors (Lipinski definition) is 3. The van der Waals surface area contributed by atoms with Gasteiger partial charge in [0.1, 0.15) is 23.4 Å². The number of carbonyl (C=O) groups excluding carboxylic acids is 3. The smallest absolute Gasteiger partial charge is 0.408 e. The Morgan fingerprint density at radius 2 is 1.68 bits per heavy atom. The minimum absolute atomic E-state index is 0.0717. The van der Waals surface area contributed by atoms with Gasteiger partial charge in [-0.15, -0.1) is 0 Å². The Morgan fingerprint density at radius 1 is 1.06 bits per heavy atom. The van der Waals surface area contributed by atoms with Crippen LogP contribution in [0.2, 0.25) is 0 Å². The first-order chi connectivity index (χ1) is 15.8. The average Bonchev–Trinajstić information content (AvgIpc) is 2.70. The summed E-state index contributed by atoms with van der Waals surface area (Å²) in [7, 11) is 0. The van der Waals surface area contributed by atoms with E-state index in [2.05, 4.69) is 10.6 Å². The fourth-order valence-electron chi connectivity index (χ4n) is 3.80. The van der Waals surface area contributed by atoms with Gasteiger partial charge in [-0.2, -0.15) is 0 Å². The molecule has 0 aromatic heterocycles. The normalized spacial score (nSPS) is 14.1. The maximum absolute atomic E-state index is 13.7. The second-order valence-corrected chi connectivity index (χ2v) is 10.1. The van der Waals surface area contributed by atoms with Crippen LogP contribution in [0.15, 0.2) is 24.3 Å². The number of amides is 3. The van der Waals surface area contributed by atoms with Gasteiger partial charge in [-0.3, -0.25) is 9.59 Å². The molecule has 0 aliphatic carbocycles. The predicted molar refractivity (Wildman–Crippen MR) is 133 cm³/mol. The number of benzene rings is 1. The second-order valence-electron chi connectivity index (χ2n) is 10.1. The number of hydrogen-bond acceptors (Lipinski definition) is 5. The Balaban J connectivity index is 3.36. The molecule has 0 aliphatic rings. The van der Waals surface area contributed by atoms with Gasteiger partial charge in [0.05, 0.1) is 0 Å². The second kappa shape index (κ2) is 13.2. The van der Waals surface area contributed by atoms with Crippen LogP contribution in [-0.4, -0.2) is 52.1 Å². The summed E-state index contributed by atoms with van der Waals surface area (Å²) < 4.78 is 5.36. The van der Waals surface area contributed by atoms with Crippen molar-refractivity contribution in [3.8, 4) is 5.75 Å². The van der Waals surface area contributed by atoms with Crippen LogP contribution < -0.4 is 10.6 Å². The molecule has 0 saturated carbocycles. The van der Waals surface area contributed by atoms with Crippen molar-refractivity contribution in [3.63, 3.8) is 0 Å². The van der Waals surface area contributed by atoms with Crippen LogP contribution in [0.1, 0.15) is 86.3 Å². The minimum atomic E-state index is -1.05. The molecule has 0 heterocycles. The van der Waals surface area contributed by atoms with Crippen molar-refractivity contribution >= 4 is 17.9 Å². The molecular weight excluding hydrogens is 434 g/mol. The first-order valence-corrected chi connectivity index (χ1v) is 12.2. The summed E-state index contributed by atoms with van der Waals surface area (Å²) in [5.74, 6) is -0.756. The highest BCUT2D eigenvalue weighted by molar-refractivity contribution is 5.92.